The highest BCUT2D eigenvalue weighted by Crippen LogP contribution is 2.49. The second-order valence-corrected chi connectivity index (χ2v) is 8.33. The largest absolute Gasteiger partial charge is 0.368 e. The van der Waals surface area contributed by atoms with Crippen LogP contribution in [0.15, 0.2) is 0 Å². The summed E-state index contributed by atoms with van der Waals surface area (Å²) in [4.78, 5) is 14.7. The normalized spacial score (nSPS) is 26.8. The van der Waals surface area contributed by atoms with Gasteiger partial charge in [0.1, 0.15) is 5.82 Å². The van der Waals surface area contributed by atoms with E-state index in [1.807, 2.05) is 0 Å². The Bertz CT molecular complexity index is 625. The third-order valence-corrected chi connectivity index (χ3v) is 6.82. The summed E-state index contributed by atoms with van der Waals surface area (Å²) in [6.45, 7) is 4.53. The molecule has 1 saturated heterocycles. The molecule has 2 saturated carbocycles. The molecule has 0 aromatic carbocycles. The van der Waals surface area contributed by atoms with Crippen LogP contribution >= 0.6 is 0 Å². The second kappa shape index (κ2) is 5.58. The Morgan fingerprint density at radius 2 is 1.62 bits per heavy atom. The number of hydrogen-bond donors (Lipinski definition) is 1. The van der Waals surface area contributed by atoms with Crippen molar-refractivity contribution in [1.29, 1.82) is 0 Å². The van der Waals surface area contributed by atoms with Crippen molar-refractivity contribution in [2.75, 3.05) is 36.8 Å². The van der Waals surface area contributed by atoms with Crippen molar-refractivity contribution in [2.24, 2.45) is 0 Å². The maximum Gasteiger partial charge on any atom is 0.222 e. The third-order valence-electron chi connectivity index (χ3n) is 6.82. The fourth-order valence-electron chi connectivity index (χ4n) is 5.42. The molecule has 24 heavy (non-hydrogen) atoms. The Balaban J connectivity index is 1.47. The number of nitrogen functional groups attached to an aromatic ring is 1. The van der Waals surface area contributed by atoms with E-state index < -0.39 is 0 Å². The lowest BCUT2D eigenvalue weighted by molar-refractivity contribution is 0.247. The van der Waals surface area contributed by atoms with Crippen molar-refractivity contribution in [3.05, 3.63) is 11.3 Å². The summed E-state index contributed by atoms with van der Waals surface area (Å²) in [6.07, 6.45) is 11.8. The van der Waals surface area contributed by atoms with Gasteiger partial charge in [-0.1, -0.05) is 12.8 Å². The molecule has 3 fully saturated rings. The molecule has 3 aliphatic carbocycles. The molecule has 2 heterocycles. The number of fused-ring (bicyclic) bond motifs is 2. The number of hydrogen-bond acceptors (Lipinski definition) is 5. The summed E-state index contributed by atoms with van der Waals surface area (Å²) in [7, 11) is 0. The molecule has 1 aromatic rings. The minimum Gasteiger partial charge on any atom is -0.368 e. The molecule has 0 atom stereocenters. The Morgan fingerprint density at radius 3 is 2.33 bits per heavy atom. The topological polar surface area (TPSA) is 58.3 Å². The first-order chi connectivity index (χ1) is 11.8. The highest BCUT2D eigenvalue weighted by Gasteiger charge is 2.42. The number of rotatable bonds is 2. The minimum atomic E-state index is 0.315. The molecule has 2 N–H and O–H groups in total. The summed E-state index contributed by atoms with van der Waals surface area (Å²) in [5.41, 5.74) is 9.23. The zero-order chi connectivity index (χ0) is 16.1. The van der Waals surface area contributed by atoms with Gasteiger partial charge in [-0.05, 0) is 44.9 Å². The molecular formula is C19H29N5. The maximum atomic E-state index is 6.17. The van der Waals surface area contributed by atoms with E-state index in [9.17, 15) is 0 Å². The zero-order valence-electron chi connectivity index (χ0n) is 14.6. The van der Waals surface area contributed by atoms with Crippen LogP contribution in [0.4, 0.5) is 11.8 Å². The predicted molar refractivity (Wildman–Crippen MR) is 96.3 cm³/mol. The molecule has 5 heteroatoms. The monoisotopic (exact) mass is 327 g/mol. The molecule has 0 radical (unpaired) electrons. The lowest BCUT2D eigenvalue weighted by Gasteiger charge is -2.40. The van der Waals surface area contributed by atoms with Gasteiger partial charge < -0.3 is 10.6 Å². The molecule has 1 aromatic heterocycles. The number of piperazine rings is 1. The average Bonchev–Trinajstić information content (AvgIpc) is 3.36. The van der Waals surface area contributed by atoms with E-state index in [0.29, 0.717) is 11.4 Å². The highest BCUT2D eigenvalue weighted by molar-refractivity contribution is 5.55. The van der Waals surface area contributed by atoms with Crippen LogP contribution in [0.5, 0.6) is 0 Å². The first-order valence-electron chi connectivity index (χ1n) is 9.91. The molecule has 0 unspecified atom stereocenters. The van der Waals surface area contributed by atoms with Crippen LogP contribution in [0.25, 0.3) is 0 Å². The van der Waals surface area contributed by atoms with E-state index in [1.54, 1.807) is 0 Å². The van der Waals surface area contributed by atoms with Crippen LogP contribution in [-0.4, -0.2) is 47.1 Å². The van der Waals surface area contributed by atoms with Gasteiger partial charge in [0, 0.05) is 43.2 Å². The molecule has 130 valence electrons. The lowest BCUT2D eigenvalue weighted by Crippen LogP contribution is -2.48. The fourth-order valence-corrected chi connectivity index (χ4v) is 5.42. The van der Waals surface area contributed by atoms with Gasteiger partial charge in [0.25, 0.3) is 0 Å². The molecule has 5 rings (SSSR count). The molecular weight excluding hydrogens is 298 g/mol. The molecule has 1 spiro atoms. The van der Waals surface area contributed by atoms with Crippen molar-refractivity contribution < 1.29 is 0 Å². The molecule has 0 amide bonds. The number of nitrogens with two attached hydrogens (primary N) is 1. The van der Waals surface area contributed by atoms with Gasteiger partial charge in [-0.25, -0.2) is 4.98 Å². The van der Waals surface area contributed by atoms with Crippen LogP contribution in [0.1, 0.15) is 62.6 Å². The van der Waals surface area contributed by atoms with E-state index in [2.05, 4.69) is 9.80 Å². The maximum absolute atomic E-state index is 6.17. The van der Waals surface area contributed by atoms with Crippen LogP contribution in [0.3, 0.4) is 0 Å². The van der Waals surface area contributed by atoms with Crippen molar-refractivity contribution in [3.63, 3.8) is 0 Å². The van der Waals surface area contributed by atoms with Gasteiger partial charge >= 0.3 is 0 Å². The second-order valence-electron chi connectivity index (χ2n) is 8.33. The Labute approximate surface area is 144 Å². The van der Waals surface area contributed by atoms with Gasteiger partial charge in [0.2, 0.25) is 5.95 Å². The predicted octanol–water partition coefficient (Wildman–Crippen LogP) is 2.49. The quantitative estimate of drug-likeness (QED) is 0.904. The summed E-state index contributed by atoms with van der Waals surface area (Å²) < 4.78 is 0. The van der Waals surface area contributed by atoms with Crippen molar-refractivity contribution >= 4 is 11.8 Å². The molecule has 5 nitrogen and oxygen atoms in total. The SMILES string of the molecule is Nc1nc(N2CCN(C3CC3)CC2)c2c(n1)C1(CCCC1)CCC2. The van der Waals surface area contributed by atoms with Crippen molar-refractivity contribution in [3.8, 4) is 0 Å². The molecule has 0 bridgehead atoms. The van der Waals surface area contributed by atoms with Gasteiger partial charge in [-0.15, -0.1) is 0 Å². The summed E-state index contributed by atoms with van der Waals surface area (Å²) in [5, 5.41) is 0. The smallest absolute Gasteiger partial charge is 0.222 e. The van der Waals surface area contributed by atoms with E-state index in [4.69, 9.17) is 15.7 Å². The average molecular weight is 327 g/mol. The highest BCUT2D eigenvalue weighted by atomic mass is 15.3. The standard InChI is InChI=1S/C19H29N5/c20-18-21-16-15(4-3-9-19(16)7-1-2-8-19)17(22-18)24-12-10-23(11-13-24)14-5-6-14/h14H,1-13H2,(H2,20,21,22). The number of aromatic nitrogens is 2. The van der Waals surface area contributed by atoms with Crippen LogP contribution in [-0.2, 0) is 11.8 Å². The number of anilines is 2. The van der Waals surface area contributed by atoms with Gasteiger partial charge in [-0.3, -0.25) is 4.90 Å². The van der Waals surface area contributed by atoms with E-state index >= 15 is 0 Å². The van der Waals surface area contributed by atoms with Crippen molar-refractivity contribution in [2.45, 2.75) is 69.2 Å². The summed E-state index contributed by atoms with van der Waals surface area (Å²) >= 11 is 0. The Hall–Kier alpha value is -1.36. The Morgan fingerprint density at radius 1 is 0.917 bits per heavy atom. The summed E-state index contributed by atoms with van der Waals surface area (Å²) in [5.74, 6) is 1.65. The van der Waals surface area contributed by atoms with Gasteiger partial charge in [0.15, 0.2) is 0 Å². The minimum absolute atomic E-state index is 0.315. The number of nitrogens with zero attached hydrogens (tertiary/aromatic N) is 4. The first-order valence-corrected chi connectivity index (χ1v) is 9.91. The van der Waals surface area contributed by atoms with Gasteiger partial charge in [0.05, 0.1) is 5.69 Å². The summed E-state index contributed by atoms with van der Waals surface area (Å²) in [6, 6.07) is 0.873. The fraction of sp³-hybridized carbons (Fsp3) is 0.789. The molecule has 4 aliphatic rings. The van der Waals surface area contributed by atoms with Crippen LogP contribution in [0, 0.1) is 0 Å². The lowest BCUT2D eigenvalue weighted by atomic mass is 9.71. The van der Waals surface area contributed by atoms with Gasteiger partial charge in [-0.2, -0.15) is 4.98 Å². The first kappa shape index (κ1) is 14.9. The van der Waals surface area contributed by atoms with E-state index in [-0.39, 0.29) is 0 Å². The van der Waals surface area contributed by atoms with Crippen LogP contribution < -0.4 is 10.6 Å². The van der Waals surface area contributed by atoms with Crippen LogP contribution in [0.2, 0.25) is 0 Å². The molecule has 1 aliphatic heterocycles. The Kier molecular flexibility index (Phi) is 3.47. The third kappa shape index (κ3) is 2.40. The van der Waals surface area contributed by atoms with E-state index in [0.717, 1.165) is 25.6 Å². The zero-order valence-corrected chi connectivity index (χ0v) is 14.6. The van der Waals surface area contributed by atoms with E-state index in [1.165, 1.54) is 81.5 Å². The van der Waals surface area contributed by atoms with Crippen molar-refractivity contribution in [1.82, 2.24) is 14.9 Å².